The second-order valence-corrected chi connectivity index (χ2v) is 4.89. The third-order valence-electron chi connectivity index (χ3n) is 3.63. The molecule has 0 bridgehead atoms. The number of aryl methyl sites for hydroxylation is 2. The Morgan fingerprint density at radius 2 is 2.05 bits per heavy atom. The Kier molecular flexibility index (Phi) is 4.79. The average Bonchev–Trinajstić information content (AvgIpc) is 2.79. The van der Waals surface area contributed by atoms with Crippen LogP contribution in [0.2, 0.25) is 0 Å². The SMILES string of the molecule is CCC(NCc1c(C)noc1C)c1ccccc1OC. The number of nitrogens with zero attached hydrogens (tertiary/aromatic N) is 1. The number of rotatable bonds is 6. The average molecular weight is 274 g/mol. The Hall–Kier alpha value is -1.81. The molecule has 0 aliphatic carbocycles. The van der Waals surface area contributed by atoms with Gasteiger partial charge in [-0.1, -0.05) is 30.3 Å². The molecular formula is C16H22N2O2. The maximum atomic E-state index is 5.44. The van der Waals surface area contributed by atoms with E-state index < -0.39 is 0 Å². The Morgan fingerprint density at radius 1 is 1.30 bits per heavy atom. The van der Waals surface area contributed by atoms with Crippen molar-refractivity contribution in [3.8, 4) is 5.75 Å². The van der Waals surface area contributed by atoms with E-state index in [2.05, 4.69) is 23.5 Å². The quantitative estimate of drug-likeness (QED) is 0.875. The van der Waals surface area contributed by atoms with Crippen LogP contribution in [0.25, 0.3) is 0 Å². The number of para-hydroxylation sites is 1. The number of methoxy groups -OCH3 is 1. The highest BCUT2D eigenvalue weighted by Crippen LogP contribution is 2.27. The molecule has 0 fully saturated rings. The molecule has 1 aromatic heterocycles. The summed E-state index contributed by atoms with van der Waals surface area (Å²) < 4.78 is 10.6. The van der Waals surface area contributed by atoms with E-state index in [4.69, 9.17) is 9.26 Å². The number of hydrogen-bond acceptors (Lipinski definition) is 4. The zero-order valence-corrected chi connectivity index (χ0v) is 12.6. The lowest BCUT2D eigenvalue weighted by molar-refractivity contribution is 0.389. The summed E-state index contributed by atoms with van der Waals surface area (Å²) >= 11 is 0. The first-order valence-electron chi connectivity index (χ1n) is 6.95. The van der Waals surface area contributed by atoms with Crippen LogP contribution in [0.4, 0.5) is 0 Å². The predicted octanol–water partition coefficient (Wildman–Crippen LogP) is 3.54. The highest BCUT2D eigenvalue weighted by Gasteiger charge is 2.15. The van der Waals surface area contributed by atoms with Gasteiger partial charge in [-0.3, -0.25) is 0 Å². The first kappa shape index (κ1) is 14.6. The van der Waals surface area contributed by atoms with Crippen molar-refractivity contribution in [3.63, 3.8) is 0 Å². The molecule has 0 radical (unpaired) electrons. The van der Waals surface area contributed by atoms with Gasteiger partial charge in [0.25, 0.3) is 0 Å². The molecule has 108 valence electrons. The predicted molar refractivity (Wildman–Crippen MR) is 78.8 cm³/mol. The molecule has 2 rings (SSSR count). The highest BCUT2D eigenvalue weighted by atomic mass is 16.5. The van der Waals surface area contributed by atoms with E-state index >= 15 is 0 Å². The number of hydrogen-bond donors (Lipinski definition) is 1. The summed E-state index contributed by atoms with van der Waals surface area (Å²) in [5.74, 6) is 1.80. The third kappa shape index (κ3) is 3.02. The van der Waals surface area contributed by atoms with E-state index in [0.29, 0.717) is 0 Å². The first-order chi connectivity index (χ1) is 9.67. The maximum absolute atomic E-state index is 5.44. The Bertz CT molecular complexity index is 544. The van der Waals surface area contributed by atoms with Crippen molar-refractivity contribution < 1.29 is 9.26 Å². The van der Waals surface area contributed by atoms with Crippen molar-refractivity contribution >= 4 is 0 Å². The number of nitrogens with one attached hydrogen (secondary N) is 1. The summed E-state index contributed by atoms with van der Waals surface area (Å²) in [6, 6.07) is 8.38. The molecule has 0 spiro atoms. The van der Waals surface area contributed by atoms with E-state index in [1.165, 1.54) is 5.56 Å². The van der Waals surface area contributed by atoms with Gasteiger partial charge in [0.05, 0.1) is 12.8 Å². The minimum atomic E-state index is 0.250. The van der Waals surface area contributed by atoms with Gasteiger partial charge in [0.2, 0.25) is 0 Å². The van der Waals surface area contributed by atoms with Gasteiger partial charge >= 0.3 is 0 Å². The monoisotopic (exact) mass is 274 g/mol. The van der Waals surface area contributed by atoms with E-state index in [0.717, 1.165) is 35.7 Å². The minimum absolute atomic E-state index is 0.250. The zero-order valence-electron chi connectivity index (χ0n) is 12.6. The molecule has 0 aliphatic heterocycles. The van der Waals surface area contributed by atoms with Crippen LogP contribution in [0.1, 0.15) is 42.0 Å². The molecule has 0 aliphatic rings. The molecule has 1 unspecified atom stereocenters. The van der Waals surface area contributed by atoms with Crippen molar-refractivity contribution in [2.24, 2.45) is 0 Å². The standard InChI is InChI=1S/C16H22N2O2/c1-5-15(13-8-6-7-9-16(13)19-4)17-10-14-11(2)18-20-12(14)3/h6-9,15,17H,5,10H2,1-4H3. The number of benzene rings is 1. The minimum Gasteiger partial charge on any atom is -0.496 e. The molecule has 4 nitrogen and oxygen atoms in total. The lowest BCUT2D eigenvalue weighted by Gasteiger charge is -2.19. The van der Waals surface area contributed by atoms with Gasteiger partial charge in [0, 0.05) is 23.7 Å². The van der Waals surface area contributed by atoms with Crippen molar-refractivity contribution in [1.82, 2.24) is 10.5 Å². The Balaban J connectivity index is 2.13. The van der Waals surface area contributed by atoms with Crippen LogP contribution in [-0.4, -0.2) is 12.3 Å². The van der Waals surface area contributed by atoms with E-state index in [1.54, 1.807) is 7.11 Å². The van der Waals surface area contributed by atoms with E-state index in [1.807, 2.05) is 32.0 Å². The third-order valence-corrected chi connectivity index (χ3v) is 3.63. The van der Waals surface area contributed by atoms with Gasteiger partial charge < -0.3 is 14.6 Å². The van der Waals surface area contributed by atoms with Crippen LogP contribution in [0.3, 0.4) is 0 Å². The molecule has 1 heterocycles. The second kappa shape index (κ2) is 6.57. The van der Waals surface area contributed by atoms with Gasteiger partial charge in [0.1, 0.15) is 11.5 Å². The van der Waals surface area contributed by atoms with Crippen LogP contribution in [0, 0.1) is 13.8 Å². The summed E-state index contributed by atoms with van der Waals surface area (Å²) in [6.07, 6.45) is 0.990. The Morgan fingerprint density at radius 3 is 2.65 bits per heavy atom. The summed E-state index contributed by atoms with van der Waals surface area (Å²) in [7, 11) is 1.71. The van der Waals surface area contributed by atoms with Crippen LogP contribution in [0.5, 0.6) is 5.75 Å². The van der Waals surface area contributed by atoms with E-state index in [-0.39, 0.29) is 6.04 Å². The van der Waals surface area contributed by atoms with Crippen LogP contribution >= 0.6 is 0 Å². The largest absolute Gasteiger partial charge is 0.496 e. The van der Waals surface area contributed by atoms with Gasteiger partial charge in [-0.05, 0) is 26.3 Å². The molecule has 1 N–H and O–H groups in total. The molecule has 2 aromatic rings. The van der Waals surface area contributed by atoms with Gasteiger partial charge in [-0.25, -0.2) is 0 Å². The van der Waals surface area contributed by atoms with Crippen molar-refractivity contribution in [2.45, 2.75) is 39.8 Å². The first-order valence-corrected chi connectivity index (χ1v) is 6.95. The fraction of sp³-hybridized carbons (Fsp3) is 0.438. The fourth-order valence-corrected chi connectivity index (χ4v) is 2.41. The lowest BCUT2D eigenvalue weighted by Crippen LogP contribution is -2.21. The molecule has 0 saturated carbocycles. The number of ether oxygens (including phenoxy) is 1. The summed E-state index contributed by atoms with van der Waals surface area (Å²) in [5, 5.41) is 7.55. The van der Waals surface area contributed by atoms with Crippen molar-refractivity contribution in [1.29, 1.82) is 0 Å². The molecular weight excluding hydrogens is 252 g/mol. The fourth-order valence-electron chi connectivity index (χ4n) is 2.41. The highest BCUT2D eigenvalue weighted by molar-refractivity contribution is 5.36. The normalized spacial score (nSPS) is 12.4. The van der Waals surface area contributed by atoms with Crippen molar-refractivity contribution in [3.05, 3.63) is 46.8 Å². The molecule has 0 amide bonds. The number of aromatic nitrogens is 1. The molecule has 4 heteroatoms. The van der Waals surface area contributed by atoms with Crippen LogP contribution < -0.4 is 10.1 Å². The topological polar surface area (TPSA) is 47.3 Å². The van der Waals surface area contributed by atoms with Gasteiger partial charge in [-0.2, -0.15) is 0 Å². The summed E-state index contributed by atoms with van der Waals surface area (Å²) in [6.45, 7) is 6.83. The second-order valence-electron chi connectivity index (χ2n) is 4.89. The van der Waals surface area contributed by atoms with Crippen LogP contribution in [-0.2, 0) is 6.54 Å². The summed E-state index contributed by atoms with van der Waals surface area (Å²) in [4.78, 5) is 0. The van der Waals surface area contributed by atoms with Crippen LogP contribution in [0.15, 0.2) is 28.8 Å². The van der Waals surface area contributed by atoms with Gasteiger partial charge in [0.15, 0.2) is 0 Å². The lowest BCUT2D eigenvalue weighted by atomic mass is 10.0. The van der Waals surface area contributed by atoms with Gasteiger partial charge in [-0.15, -0.1) is 0 Å². The van der Waals surface area contributed by atoms with E-state index in [9.17, 15) is 0 Å². The van der Waals surface area contributed by atoms with Crippen molar-refractivity contribution in [2.75, 3.05) is 7.11 Å². The Labute approximate surface area is 120 Å². The maximum Gasteiger partial charge on any atom is 0.138 e. The zero-order chi connectivity index (χ0) is 14.5. The molecule has 0 saturated heterocycles. The molecule has 20 heavy (non-hydrogen) atoms. The smallest absolute Gasteiger partial charge is 0.138 e. The molecule has 1 atom stereocenters. The molecule has 1 aromatic carbocycles. The summed E-state index contributed by atoms with van der Waals surface area (Å²) in [5.41, 5.74) is 3.27.